The molecule has 7 nitrogen and oxygen atoms in total. The van der Waals surface area contributed by atoms with Crippen molar-refractivity contribution < 1.29 is 13.5 Å². The fourth-order valence-corrected chi connectivity index (χ4v) is 2.03. The zero-order valence-corrected chi connectivity index (χ0v) is 16.5. The average molecular weight is 466 g/mol. The Labute approximate surface area is 161 Å². The van der Waals surface area contributed by atoms with Gasteiger partial charge in [0.05, 0.1) is 6.54 Å². The Hall–Kier alpha value is -1.98. The van der Waals surface area contributed by atoms with Gasteiger partial charge in [-0.25, -0.2) is 0 Å². The van der Waals surface area contributed by atoms with Crippen molar-refractivity contribution in [2.24, 2.45) is 12.0 Å². The lowest BCUT2D eigenvalue weighted by atomic mass is 10.2. The number of aromatic nitrogens is 3. The van der Waals surface area contributed by atoms with Crippen LogP contribution in [0.3, 0.4) is 0 Å². The molecule has 1 aromatic carbocycles. The highest BCUT2D eigenvalue weighted by Crippen LogP contribution is 2.19. The molecule has 0 saturated carbocycles. The lowest BCUT2D eigenvalue weighted by Crippen LogP contribution is -2.37. The van der Waals surface area contributed by atoms with Crippen molar-refractivity contribution in [3.8, 4) is 5.75 Å². The number of nitrogens with zero attached hydrogens (tertiary/aromatic N) is 4. The summed E-state index contributed by atoms with van der Waals surface area (Å²) in [6.07, 6.45) is 0. The van der Waals surface area contributed by atoms with Crippen LogP contribution in [-0.4, -0.2) is 34.4 Å². The first-order valence-corrected chi connectivity index (χ1v) is 7.33. The van der Waals surface area contributed by atoms with Gasteiger partial charge in [0, 0.05) is 26.2 Å². The number of benzene rings is 1. The number of ether oxygens (including phenoxy) is 1. The molecule has 25 heavy (non-hydrogen) atoms. The summed E-state index contributed by atoms with van der Waals surface area (Å²) in [6.45, 7) is -0.265. The van der Waals surface area contributed by atoms with E-state index in [-0.39, 0.29) is 29.7 Å². The monoisotopic (exact) mass is 466 g/mol. The quantitative estimate of drug-likeness (QED) is 0.388. The summed E-state index contributed by atoms with van der Waals surface area (Å²) in [4.78, 5) is 4.09. The zero-order chi connectivity index (χ0) is 17.5. The number of para-hydroxylation sites is 1. The molecule has 0 saturated heterocycles. The summed E-state index contributed by atoms with van der Waals surface area (Å²) < 4.78 is 31.2. The number of hydrogen-bond acceptors (Lipinski definition) is 4. The molecule has 1 heterocycles. The third kappa shape index (κ3) is 6.11. The van der Waals surface area contributed by atoms with Gasteiger partial charge in [0.15, 0.2) is 11.8 Å². The molecule has 0 aliphatic rings. The van der Waals surface area contributed by atoms with E-state index >= 15 is 0 Å². The number of rotatable bonds is 6. The summed E-state index contributed by atoms with van der Waals surface area (Å²) in [5.74, 6) is 2.23. The molecule has 2 rings (SSSR count). The highest BCUT2D eigenvalue weighted by Gasteiger charge is 2.10. The zero-order valence-electron chi connectivity index (χ0n) is 14.2. The Morgan fingerprint density at radius 2 is 1.92 bits per heavy atom. The maximum atomic E-state index is 12.4. The number of hydrogen-bond donors (Lipinski definition) is 2. The first-order valence-electron chi connectivity index (χ1n) is 7.33. The lowest BCUT2D eigenvalue weighted by Gasteiger charge is -2.14. The molecule has 138 valence electrons. The largest absolute Gasteiger partial charge is 0.434 e. The van der Waals surface area contributed by atoms with Crippen LogP contribution in [-0.2, 0) is 20.1 Å². The summed E-state index contributed by atoms with van der Waals surface area (Å²) in [5.41, 5.74) is 0.607. The van der Waals surface area contributed by atoms with E-state index in [1.807, 2.05) is 18.5 Å². The molecule has 1 aromatic heterocycles. The van der Waals surface area contributed by atoms with E-state index in [0.29, 0.717) is 24.6 Å². The predicted molar refractivity (Wildman–Crippen MR) is 101 cm³/mol. The van der Waals surface area contributed by atoms with Crippen LogP contribution in [0, 0.1) is 6.92 Å². The molecule has 0 atom stereocenters. The number of aryl methyl sites for hydroxylation is 1. The predicted octanol–water partition coefficient (Wildman–Crippen LogP) is 2.21. The molecule has 10 heteroatoms. The third-order valence-corrected chi connectivity index (χ3v) is 3.46. The Balaban J connectivity index is 0.00000312. The SMILES string of the molecule is CN=C(NCc1ccccc1OC(F)F)NCc1nnc(C)n1C.I. The number of halogens is 3. The van der Waals surface area contributed by atoms with E-state index in [2.05, 4.69) is 30.6 Å². The summed E-state index contributed by atoms with van der Waals surface area (Å²) in [5, 5.41) is 14.2. The van der Waals surface area contributed by atoms with Gasteiger partial charge in [-0.05, 0) is 13.0 Å². The molecule has 0 unspecified atom stereocenters. The Bertz CT molecular complexity index is 707. The average Bonchev–Trinajstić information content (AvgIpc) is 2.88. The third-order valence-electron chi connectivity index (χ3n) is 3.46. The first-order chi connectivity index (χ1) is 11.5. The second-order valence-electron chi connectivity index (χ2n) is 4.99. The van der Waals surface area contributed by atoms with E-state index in [4.69, 9.17) is 0 Å². The molecule has 0 bridgehead atoms. The minimum absolute atomic E-state index is 0. The van der Waals surface area contributed by atoms with Gasteiger partial charge in [-0.3, -0.25) is 4.99 Å². The van der Waals surface area contributed by atoms with Crippen LogP contribution in [0.5, 0.6) is 5.75 Å². The van der Waals surface area contributed by atoms with Crippen molar-refractivity contribution in [1.82, 2.24) is 25.4 Å². The number of alkyl halides is 2. The minimum atomic E-state index is -2.86. The second kappa shape index (κ2) is 10.1. The molecule has 0 spiro atoms. The van der Waals surface area contributed by atoms with Crippen molar-refractivity contribution in [1.29, 1.82) is 0 Å². The molecule has 2 N–H and O–H groups in total. The van der Waals surface area contributed by atoms with E-state index in [1.54, 1.807) is 25.2 Å². The van der Waals surface area contributed by atoms with Crippen LogP contribution in [0.2, 0.25) is 0 Å². The first kappa shape index (κ1) is 21.1. The normalized spacial score (nSPS) is 11.2. The van der Waals surface area contributed by atoms with Gasteiger partial charge in [-0.15, -0.1) is 34.2 Å². The molecule has 0 aliphatic carbocycles. The van der Waals surface area contributed by atoms with Crippen LogP contribution < -0.4 is 15.4 Å². The van der Waals surface area contributed by atoms with Crippen LogP contribution in [0.25, 0.3) is 0 Å². The second-order valence-corrected chi connectivity index (χ2v) is 4.99. The van der Waals surface area contributed by atoms with Crippen LogP contribution >= 0.6 is 24.0 Å². The molecular weight excluding hydrogens is 445 g/mol. The minimum Gasteiger partial charge on any atom is -0.434 e. The number of aliphatic imine (C=N–C) groups is 1. The lowest BCUT2D eigenvalue weighted by molar-refractivity contribution is -0.0504. The van der Waals surface area contributed by atoms with E-state index in [9.17, 15) is 8.78 Å². The van der Waals surface area contributed by atoms with E-state index in [1.165, 1.54) is 6.07 Å². The smallest absolute Gasteiger partial charge is 0.387 e. The molecule has 0 radical (unpaired) electrons. The Kier molecular flexibility index (Phi) is 8.52. The molecule has 0 fully saturated rings. The van der Waals surface area contributed by atoms with Gasteiger partial charge < -0.3 is 19.9 Å². The van der Waals surface area contributed by atoms with Gasteiger partial charge in [0.25, 0.3) is 0 Å². The fourth-order valence-electron chi connectivity index (χ4n) is 2.03. The van der Waals surface area contributed by atoms with Crippen molar-refractivity contribution >= 4 is 29.9 Å². The van der Waals surface area contributed by atoms with Gasteiger partial charge >= 0.3 is 6.61 Å². The van der Waals surface area contributed by atoms with Crippen molar-refractivity contribution in [2.45, 2.75) is 26.6 Å². The van der Waals surface area contributed by atoms with Crippen molar-refractivity contribution in [2.75, 3.05) is 7.05 Å². The van der Waals surface area contributed by atoms with Gasteiger partial charge in [0.1, 0.15) is 11.6 Å². The summed E-state index contributed by atoms with van der Waals surface area (Å²) >= 11 is 0. The van der Waals surface area contributed by atoms with Crippen molar-refractivity contribution in [3.05, 3.63) is 41.5 Å². The molecule has 2 aromatic rings. The standard InChI is InChI=1S/C15H20F2N6O.HI/c1-10-21-22-13(23(10)3)9-20-15(18-2)19-8-11-6-4-5-7-12(11)24-14(16)17;/h4-7,14H,8-9H2,1-3H3,(H2,18,19,20);1H. The van der Waals surface area contributed by atoms with Crippen LogP contribution in [0.4, 0.5) is 8.78 Å². The van der Waals surface area contributed by atoms with Gasteiger partial charge in [-0.2, -0.15) is 8.78 Å². The van der Waals surface area contributed by atoms with Crippen LogP contribution in [0.1, 0.15) is 17.2 Å². The highest BCUT2D eigenvalue weighted by atomic mass is 127. The highest BCUT2D eigenvalue weighted by molar-refractivity contribution is 14.0. The molecule has 0 aliphatic heterocycles. The Morgan fingerprint density at radius 1 is 1.24 bits per heavy atom. The topological polar surface area (TPSA) is 76.4 Å². The maximum absolute atomic E-state index is 12.4. The summed E-state index contributed by atoms with van der Waals surface area (Å²) in [6, 6.07) is 6.62. The van der Waals surface area contributed by atoms with Crippen LogP contribution in [0.15, 0.2) is 29.3 Å². The Morgan fingerprint density at radius 3 is 2.52 bits per heavy atom. The fraction of sp³-hybridized carbons (Fsp3) is 0.400. The van der Waals surface area contributed by atoms with Gasteiger partial charge in [-0.1, -0.05) is 18.2 Å². The van der Waals surface area contributed by atoms with E-state index < -0.39 is 6.61 Å². The van der Waals surface area contributed by atoms with Gasteiger partial charge in [0.2, 0.25) is 0 Å². The van der Waals surface area contributed by atoms with Crippen molar-refractivity contribution in [3.63, 3.8) is 0 Å². The van der Waals surface area contributed by atoms with E-state index in [0.717, 1.165) is 11.6 Å². The summed E-state index contributed by atoms with van der Waals surface area (Å²) in [7, 11) is 3.50. The maximum Gasteiger partial charge on any atom is 0.387 e. The number of nitrogens with one attached hydrogen (secondary N) is 2. The number of guanidine groups is 1. The molecular formula is C15H21F2IN6O. The molecule has 0 amide bonds.